The molecule has 0 spiro atoms. The van der Waals surface area contributed by atoms with Gasteiger partial charge in [0.15, 0.2) is 5.69 Å². The molecule has 0 saturated heterocycles. The zero-order valence-electron chi connectivity index (χ0n) is 16.6. The van der Waals surface area contributed by atoms with Crippen LogP contribution in [0, 0.1) is 11.8 Å². The Balaban J connectivity index is 1.75. The molecule has 1 aliphatic carbocycles. The van der Waals surface area contributed by atoms with Gasteiger partial charge in [-0.1, -0.05) is 11.1 Å². The number of hydrogen-bond acceptors (Lipinski definition) is 5. The molecular formula is C20H24N4O5. The highest BCUT2D eigenvalue weighted by atomic mass is 16.4. The second-order valence-electron chi connectivity index (χ2n) is 7.34. The van der Waals surface area contributed by atoms with E-state index in [0.29, 0.717) is 18.6 Å². The molecule has 9 heteroatoms. The van der Waals surface area contributed by atoms with Crippen LogP contribution < -0.4 is 10.6 Å². The Bertz CT molecular complexity index is 958. The lowest BCUT2D eigenvalue weighted by Gasteiger charge is -2.29. The number of nitrogens with zero attached hydrogens (tertiary/aromatic N) is 2. The van der Waals surface area contributed by atoms with Gasteiger partial charge in [-0.2, -0.15) is 5.10 Å². The lowest BCUT2D eigenvalue weighted by atomic mass is 9.76. The first-order valence-corrected chi connectivity index (χ1v) is 9.29. The van der Waals surface area contributed by atoms with Crippen LogP contribution in [0.15, 0.2) is 40.2 Å². The molecule has 2 atom stereocenters. The number of nitrogens with one attached hydrogen (secondary N) is 2. The molecule has 9 nitrogen and oxygen atoms in total. The fourth-order valence-electron chi connectivity index (χ4n) is 3.46. The van der Waals surface area contributed by atoms with E-state index in [2.05, 4.69) is 15.7 Å². The first-order valence-electron chi connectivity index (χ1n) is 9.29. The number of carbonyl (C=O) groups is 3. The Labute approximate surface area is 167 Å². The third kappa shape index (κ3) is 4.56. The number of carboxylic acid groups (broad SMARTS) is 1. The maximum Gasteiger partial charge on any atom is 0.307 e. The molecule has 2 aromatic rings. The number of amides is 2. The normalized spacial score (nSPS) is 19.1. The maximum atomic E-state index is 12.9. The van der Waals surface area contributed by atoms with Crippen LogP contribution in [0.25, 0.3) is 0 Å². The van der Waals surface area contributed by atoms with Crippen LogP contribution in [0.3, 0.4) is 0 Å². The van der Waals surface area contributed by atoms with Crippen LogP contribution in [0.5, 0.6) is 0 Å². The highest BCUT2D eigenvalue weighted by molar-refractivity contribution is 6.03. The second-order valence-corrected chi connectivity index (χ2v) is 7.34. The number of furan rings is 1. The van der Waals surface area contributed by atoms with E-state index in [0.717, 1.165) is 11.1 Å². The summed E-state index contributed by atoms with van der Waals surface area (Å²) in [6, 6.07) is 3.45. The monoisotopic (exact) mass is 400 g/mol. The van der Waals surface area contributed by atoms with Crippen molar-refractivity contribution in [2.24, 2.45) is 18.9 Å². The average Bonchev–Trinajstić information content (AvgIpc) is 3.31. The molecule has 0 fully saturated rings. The molecule has 29 heavy (non-hydrogen) atoms. The first-order chi connectivity index (χ1) is 13.8. The quantitative estimate of drug-likeness (QED) is 0.639. The SMILES string of the molecule is CC1=C(C)C[C@@H](C(=O)Nc2cn(C)nc2C(=O)NCc2ccco2)[C@@H](C(=O)O)C1. The fraction of sp³-hybridized carbons (Fsp3) is 0.400. The summed E-state index contributed by atoms with van der Waals surface area (Å²) in [5.41, 5.74) is 2.31. The van der Waals surface area contributed by atoms with Crippen LogP contribution in [0.1, 0.15) is 42.9 Å². The summed E-state index contributed by atoms with van der Waals surface area (Å²) in [4.78, 5) is 37.1. The van der Waals surface area contributed by atoms with Gasteiger partial charge in [0.2, 0.25) is 5.91 Å². The summed E-state index contributed by atoms with van der Waals surface area (Å²) in [5.74, 6) is -2.83. The van der Waals surface area contributed by atoms with Gasteiger partial charge >= 0.3 is 5.97 Å². The van der Waals surface area contributed by atoms with E-state index in [1.165, 1.54) is 17.1 Å². The van der Waals surface area contributed by atoms with E-state index < -0.39 is 29.6 Å². The molecule has 2 aromatic heterocycles. The Morgan fingerprint density at radius 1 is 1.24 bits per heavy atom. The van der Waals surface area contributed by atoms with E-state index in [1.807, 2.05) is 13.8 Å². The largest absolute Gasteiger partial charge is 0.481 e. The molecule has 0 aromatic carbocycles. The minimum atomic E-state index is -1.00. The van der Waals surface area contributed by atoms with Crippen LogP contribution in [0.4, 0.5) is 5.69 Å². The minimum Gasteiger partial charge on any atom is -0.481 e. The summed E-state index contributed by atoms with van der Waals surface area (Å²) < 4.78 is 6.60. The van der Waals surface area contributed by atoms with Gasteiger partial charge < -0.3 is 20.2 Å². The van der Waals surface area contributed by atoms with Crippen molar-refractivity contribution in [1.29, 1.82) is 0 Å². The molecule has 2 heterocycles. The van der Waals surface area contributed by atoms with Gasteiger partial charge in [-0.05, 0) is 38.8 Å². The van der Waals surface area contributed by atoms with Crippen molar-refractivity contribution >= 4 is 23.5 Å². The molecule has 0 saturated carbocycles. The number of carbonyl (C=O) groups excluding carboxylic acids is 2. The van der Waals surface area contributed by atoms with Crippen molar-refractivity contribution in [3.05, 3.63) is 47.2 Å². The molecular weight excluding hydrogens is 376 g/mol. The highest BCUT2D eigenvalue weighted by Gasteiger charge is 2.37. The smallest absolute Gasteiger partial charge is 0.307 e. The average molecular weight is 400 g/mol. The summed E-state index contributed by atoms with van der Waals surface area (Å²) in [7, 11) is 1.63. The summed E-state index contributed by atoms with van der Waals surface area (Å²) in [6.07, 6.45) is 3.74. The molecule has 3 rings (SSSR count). The van der Waals surface area contributed by atoms with E-state index in [4.69, 9.17) is 4.42 Å². The zero-order chi connectivity index (χ0) is 21.1. The second kappa shape index (κ2) is 8.34. The number of aliphatic carboxylic acids is 1. The van der Waals surface area contributed by atoms with Crippen LogP contribution in [-0.4, -0.2) is 32.7 Å². The van der Waals surface area contributed by atoms with Crippen LogP contribution in [0.2, 0.25) is 0 Å². The van der Waals surface area contributed by atoms with Gasteiger partial charge in [0.05, 0.1) is 30.3 Å². The maximum absolute atomic E-state index is 12.9. The van der Waals surface area contributed by atoms with Crippen LogP contribution >= 0.6 is 0 Å². The highest BCUT2D eigenvalue weighted by Crippen LogP contribution is 2.35. The van der Waals surface area contributed by atoms with Crippen molar-refractivity contribution < 1.29 is 23.9 Å². The zero-order valence-corrected chi connectivity index (χ0v) is 16.6. The fourth-order valence-corrected chi connectivity index (χ4v) is 3.46. The molecule has 0 radical (unpaired) electrons. The number of allylic oxidation sites excluding steroid dienone is 2. The van der Waals surface area contributed by atoms with E-state index in [-0.39, 0.29) is 17.9 Å². The summed E-state index contributed by atoms with van der Waals surface area (Å²) in [6.45, 7) is 3.98. The van der Waals surface area contributed by atoms with E-state index in [1.54, 1.807) is 19.2 Å². The Hall–Kier alpha value is -3.36. The van der Waals surface area contributed by atoms with Crippen molar-refractivity contribution in [3.8, 4) is 0 Å². The third-order valence-corrected chi connectivity index (χ3v) is 5.23. The van der Waals surface area contributed by atoms with Crippen molar-refractivity contribution in [1.82, 2.24) is 15.1 Å². The van der Waals surface area contributed by atoms with Gasteiger partial charge in [-0.15, -0.1) is 0 Å². The number of anilines is 1. The molecule has 0 bridgehead atoms. The first kappa shape index (κ1) is 20.4. The standard InChI is InChI=1S/C20H24N4O5/c1-11-7-14(15(20(27)28)8-12(11)2)18(25)22-16-10-24(3)23-17(16)19(26)21-9-13-5-4-6-29-13/h4-6,10,14-15H,7-9H2,1-3H3,(H,21,26)(H,22,25)(H,27,28)/t14-,15+/m1/s1. The minimum absolute atomic E-state index is 0.0542. The van der Waals surface area contributed by atoms with Crippen molar-refractivity contribution in [2.45, 2.75) is 33.2 Å². The number of hydrogen-bond donors (Lipinski definition) is 3. The molecule has 2 amide bonds. The third-order valence-electron chi connectivity index (χ3n) is 5.23. The van der Waals surface area contributed by atoms with Gasteiger partial charge in [-0.25, -0.2) is 0 Å². The molecule has 0 aliphatic heterocycles. The molecule has 154 valence electrons. The predicted molar refractivity (Wildman–Crippen MR) is 104 cm³/mol. The Morgan fingerprint density at radius 3 is 2.55 bits per heavy atom. The summed E-state index contributed by atoms with van der Waals surface area (Å²) in [5, 5.41) is 19.1. The lowest BCUT2D eigenvalue weighted by Crippen LogP contribution is -2.37. The van der Waals surface area contributed by atoms with Crippen LogP contribution in [-0.2, 0) is 23.2 Å². The number of aromatic nitrogens is 2. The molecule has 3 N–H and O–H groups in total. The molecule has 0 unspecified atom stereocenters. The van der Waals surface area contributed by atoms with Gasteiger partial charge in [-0.3, -0.25) is 19.1 Å². The Kier molecular flexibility index (Phi) is 5.86. The lowest BCUT2D eigenvalue weighted by molar-refractivity contribution is -0.146. The van der Waals surface area contributed by atoms with Gasteiger partial charge in [0, 0.05) is 13.2 Å². The molecule has 1 aliphatic rings. The van der Waals surface area contributed by atoms with Crippen molar-refractivity contribution in [2.75, 3.05) is 5.32 Å². The number of rotatable bonds is 6. The summed E-state index contributed by atoms with van der Waals surface area (Å²) >= 11 is 0. The predicted octanol–water partition coefficient (Wildman–Crippen LogP) is 2.33. The van der Waals surface area contributed by atoms with E-state index >= 15 is 0 Å². The number of carboxylic acids is 1. The Morgan fingerprint density at radius 2 is 1.93 bits per heavy atom. The van der Waals surface area contributed by atoms with Gasteiger partial charge in [0.25, 0.3) is 5.91 Å². The topological polar surface area (TPSA) is 126 Å². The van der Waals surface area contributed by atoms with E-state index in [9.17, 15) is 19.5 Å². The van der Waals surface area contributed by atoms with Crippen molar-refractivity contribution in [3.63, 3.8) is 0 Å². The number of aryl methyl sites for hydroxylation is 1. The van der Waals surface area contributed by atoms with Gasteiger partial charge in [0.1, 0.15) is 5.76 Å².